The molecule has 1 aromatic carbocycles. The Labute approximate surface area is 115 Å². The maximum absolute atomic E-state index is 13.5. The Morgan fingerprint density at radius 1 is 1.20 bits per heavy atom. The Bertz CT molecular complexity index is 525. The molecule has 1 aromatic rings. The molecule has 0 radical (unpaired) electrons. The topological polar surface area (TPSA) is 40.5 Å². The Balaban J connectivity index is 2.03. The molecule has 0 spiro atoms. The summed E-state index contributed by atoms with van der Waals surface area (Å²) >= 11 is 0. The van der Waals surface area contributed by atoms with Crippen LogP contribution in [-0.4, -0.2) is 29.1 Å². The van der Waals surface area contributed by atoms with Crippen LogP contribution in [0.2, 0.25) is 0 Å². The average molecular weight is 287 g/mol. The standard InChI is InChI=1S/C14H16F3NO2/c1-14(13(19)20)2-4-18(5-3-14)8-9-6-11(16)12(17)7-10(9)15/h6-7H,2-5,8H2,1H3,(H,19,20). The minimum absolute atomic E-state index is 0.0860. The van der Waals surface area contributed by atoms with E-state index in [2.05, 4.69) is 0 Å². The fourth-order valence-electron chi connectivity index (χ4n) is 2.34. The van der Waals surface area contributed by atoms with Gasteiger partial charge in [-0.1, -0.05) is 0 Å². The van der Waals surface area contributed by atoms with E-state index in [0.717, 1.165) is 6.07 Å². The third kappa shape index (κ3) is 2.95. The van der Waals surface area contributed by atoms with Crippen LogP contribution < -0.4 is 0 Å². The van der Waals surface area contributed by atoms with Gasteiger partial charge in [-0.2, -0.15) is 0 Å². The highest BCUT2D eigenvalue weighted by molar-refractivity contribution is 5.74. The van der Waals surface area contributed by atoms with E-state index in [1.807, 2.05) is 4.90 Å². The monoisotopic (exact) mass is 287 g/mol. The first-order chi connectivity index (χ1) is 9.32. The van der Waals surface area contributed by atoms with Crippen LogP contribution in [0.4, 0.5) is 13.2 Å². The van der Waals surface area contributed by atoms with Gasteiger partial charge in [0, 0.05) is 18.2 Å². The van der Waals surface area contributed by atoms with Crippen LogP contribution in [0.25, 0.3) is 0 Å². The number of rotatable bonds is 3. The lowest BCUT2D eigenvalue weighted by Crippen LogP contribution is -2.42. The van der Waals surface area contributed by atoms with Crippen LogP contribution in [-0.2, 0) is 11.3 Å². The summed E-state index contributed by atoms with van der Waals surface area (Å²) in [5.41, 5.74) is -0.675. The van der Waals surface area contributed by atoms with E-state index in [0.29, 0.717) is 32.0 Å². The van der Waals surface area contributed by atoms with Crippen LogP contribution in [0.15, 0.2) is 12.1 Å². The molecule has 0 aliphatic carbocycles. The van der Waals surface area contributed by atoms with Crippen molar-refractivity contribution in [2.45, 2.75) is 26.3 Å². The van der Waals surface area contributed by atoms with Crippen molar-refractivity contribution >= 4 is 5.97 Å². The molecule has 0 aromatic heterocycles. The van der Waals surface area contributed by atoms with Crippen molar-refractivity contribution in [3.63, 3.8) is 0 Å². The van der Waals surface area contributed by atoms with E-state index in [1.54, 1.807) is 6.92 Å². The number of carboxylic acid groups (broad SMARTS) is 1. The molecule has 1 N–H and O–H groups in total. The molecular formula is C14H16F3NO2. The van der Waals surface area contributed by atoms with Crippen LogP contribution in [0.1, 0.15) is 25.3 Å². The van der Waals surface area contributed by atoms with Gasteiger partial charge in [-0.05, 0) is 38.9 Å². The number of carboxylic acids is 1. The Hall–Kier alpha value is -1.56. The second kappa shape index (κ2) is 5.44. The van der Waals surface area contributed by atoms with Gasteiger partial charge >= 0.3 is 5.97 Å². The number of nitrogens with zero attached hydrogens (tertiary/aromatic N) is 1. The van der Waals surface area contributed by atoms with Crippen LogP contribution in [0.5, 0.6) is 0 Å². The zero-order valence-electron chi connectivity index (χ0n) is 11.1. The lowest BCUT2D eigenvalue weighted by Gasteiger charge is -2.36. The van der Waals surface area contributed by atoms with Crippen LogP contribution in [0, 0.1) is 22.9 Å². The molecule has 1 fully saturated rings. The van der Waals surface area contributed by atoms with Gasteiger partial charge < -0.3 is 5.11 Å². The lowest BCUT2D eigenvalue weighted by molar-refractivity contribution is -0.150. The molecule has 110 valence electrons. The zero-order chi connectivity index (χ0) is 14.9. The van der Waals surface area contributed by atoms with Crippen molar-refractivity contribution in [1.29, 1.82) is 0 Å². The predicted molar refractivity (Wildman–Crippen MR) is 66.6 cm³/mol. The van der Waals surface area contributed by atoms with Gasteiger partial charge in [-0.25, -0.2) is 13.2 Å². The van der Waals surface area contributed by atoms with Gasteiger partial charge in [0.15, 0.2) is 11.6 Å². The van der Waals surface area contributed by atoms with Crippen molar-refractivity contribution in [1.82, 2.24) is 4.90 Å². The van der Waals surface area contributed by atoms with Gasteiger partial charge in [0.2, 0.25) is 0 Å². The summed E-state index contributed by atoms with van der Waals surface area (Å²) < 4.78 is 39.5. The Kier molecular flexibility index (Phi) is 4.04. The second-order valence-corrected chi connectivity index (χ2v) is 5.50. The van der Waals surface area contributed by atoms with E-state index in [4.69, 9.17) is 5.11 Å². The molecule has 0 atom stereocenters. The second-order valence-electron chi connectivity index (χ2n) is 5.50. The van der Waals surface area contributed by atoms with Gasteiger partial charge in [-0.3, -0.25) is 9.69 Å². The van der Waals surface area contributed by atoms with Gasteiger partial charge in [0.25, 0.3) is 0 Å². The van der Waals surface area contributed by atoms with Crippen molar-refractivity contribution in [2.75, 3.05) is 13.1 Å². The van der Waals surface area contributed by atoms with E-state index in [9.17, 15) is 18.0 Å². The predicted octanol–water partition coefficient (Wildman–Crippen LogP) is 2.79. The molecule has 1 saturated heterocycles. The average Bonchev–Trinajstić information content (AvgIpc) is 2.38. The molecule has 0 unspecified atom stereocenters. The van der Waals surface area contributed by atoms with Crippen molar-refractivity contribution < 1.29 is 23.1 Å². The molecule has 6 heteroatoms. The summed E-state index contributed by atoms with van der Waals surface area (Å²) in [5.74, 6) is -3.90. The van der Waals surface area contributed by atoms with Crippen molar-refractivity contribution in [2.24, 2.45) is 5.41 Å². The fourth-order valence-corrected chi connectivity index (χ4v) is 2.34. The Morgan fingerprint density at radius 2 is 1.75 bits per heavy atom. The first-order valence-corrected chi connectivity index (χ1v) is 6.41. The lowest BCUT2D eigenvalue weighted by atomic mass is 9.80. The summed E-state index contributed by atoms with van der Waals surface area (Å²) in [6.07, 6.45) is 0.904. The molecule has 2 rings (SSSR count). The zero-order valence-corrected chi connectivity index (χ0v) is 11.1. The first kappa shape index (κ1) is 14.8. The molecule has 0 saturated carbocycles. The van der Waals surface area contributed by atoms with E-state index >= 15 is 0 Å². The summed E-state index contributed by atoms with van der Waals surface area (Å²) in [4.78, 5) is 13.0. The number of hydrogen-bond acceptors (Lipinski definition) is 2. The number of hydrogen-bond donors (Lipinski definition) is 1. The normalized spacial score (nSPS) is 19.0. The number of aliphatic carboxylic acids is 1. The minimum atomic E-state index is -1.21. The molecular weight excluding hydrogens is 271 g/mol. The highest BCUT2D eigenvalue weighted by atomic mass is 19.2. The summed E-state index contributed by atoms with van der Waals surface area (Å²) in [6, 6.07) is 1.39. The first-order valence-electron chi connectivity index (χ1n) is 6.41. The van der Waals surface area contributed by atoms with E-state index in [-0.39, 0.29) is 12.1 Å². The van der Waals surface area contributed by atoms with Crippen LogP contribution in [0.3, 0.4) is 0 Å². The van der Waals surface area contributed by atoms with Gasteiger partial charge in [0.05, 0.1) is 5.41 Å². The molecule has 1 heterocycles. The molecule has 1 aliphatic heterocycles. The SMILES string of the molecule is CC1(C(=O)O)CCN(Cc2cc(F)c(F)cc2F)CC1. The molecule has 0 amide bonds. The molecule has 0 bridgehead atoms. The number of halogens is 3. The van der Waals surface area contributed by atoms with Crippen molar-refractivity contribution in [3.05, 3.63) is 35.1 Å². The fraction of sp³-hybridized carbons (Fsp3) is 0.500. The maximum atomic E-state index is 13.5. The third-order valence-corrected chi connectivity index (χ3v) is 3.96. The summed E-state index contributed by atoms with van der Waals surface area (Å²) in [5, 5.41) is 9.11. The van der Waals surface area contributed by atoms with Gasteiger partial charge in [-0.15, -0.1) is 0 Å². The number of piperidine rings is 1. The smallest absolute Gasteiger partial charge is 0.309 e. The largest absolute Gasteiger partial charge is 0.481 e. The maximum Gasteiger partial charge on any atom is 0.309 e. The highest BCUT2D eigenvalue weighted by Crippen LogP contribution is 2.31. The van der Waals surface area contributed by atoms with Crippen molar-refractivity contribution in [3.8, 4) is 0 Å². The third-order valence-electron chi connectivity index (χ3n) is 3.96. The number of benzene rings is 1. The van der Waals surface area contributed by atoms with E-state index < -0.39 is 28.8 Å². The molecule has 1 aliphatic rings. The number of carbonyl (C=O) groups is 1. The summed E-state index contributed by atoms with van der Waals surface area (Å²) in [7, 11) is 0. The molecule has 3 nitrogen and oxygen atoms in total. The number of likely N-dealkylation sites (tertiary alicyclic amines) is 1. The summed E-state index contributed by atoms with van der Waals surface area (Å²) in [6.45, 7) is 2.81. The van der Waals surface area contributed by atoms with Crippen LogP contribution >= 0.6 is 0 Å². The molecule has 20 heavy (non-hydrogen) atoms. The Morgan fingerprint density at radius 3 is 2.30 bits per heavy atom. The van der Waals surface area contributed by atoms with E-state index in [1.165, 1.54) is 0 Å². The highest BCUT2D eigenvalue weighted by Gasteiger charge is 2.36. The minimum Gasteiger partial charge on any atom is -0.481 e. The van der Waals surface area contributed by atoms with Gasteiger partial charge in [0.1, 0.15) is 5.82 Å². The quantitative estimate of drug-likeness (QED) is 0.869.